The molecule has 6 nitrogen and oxygen atoms in total. The predicted molar refractivity (Wildman–Crippen MR) is 114 cm³/mol. The molecule has 1 aliphatic rings. The highest BCUT2D eigenvalue weighted by atomic mass is 16.5. The van der Waals surface area contributed by atoms with Crippen molar-refractivity contribution in [2.75, 3.05) is 26.3 Å². The maximum absolute atomic E-state index is 12.3. The summed E-state index contributed by atoms with van der Waals surface area (Å²) in [6.07, 6.45) is 1.90. The Labute approximate surface area is 168 Å². The van der Waals surface area contributed by atoms with Crippen molar-refractivity contribution in [3.8, 4) is 22.6 Å². The SMILES string of the molecule is O=c1cc(-c2c[nH]c3ccccc23)nc(-c2ccc(CN3CCOCC3)cc2)[nH]1. The van der Waals surface area contributed by atoms with E-state index in [4.69, 9.17) is 9.72 Å². The Morgan fingerprint density at radius 1 is 1.03 bits per heavy atom. The van der Waals surface area contributed by atoms with Gasteiger partial charge in [0.25, 0.3) is 5.56 Å². The van der Waals surface area contributed by atoms with Gasteiger partial charge in [0.15, 0.2) is 0 Å². The van der Waals surface area contributed by atoms with E-state index in [2.05, 4.69) is 27.0 Å². The van der Waals surface area contributed by atoms with Crippen molar-refractivity contribution >= 4 is 10.9 Å². The Morgan fingerprint density at radius 2 is 1.83 bits per heavy atom. The Kier molecular flexibility index (Phi) is 4.71. The lowest BCUT2D eigenvalue weighted by Crippen LogP contribution is -2.35. The smallest absolute Gasteiger partial charge is 0.251 e. The molecule has 2 aromatic carbocycles. The molecule has 0 amide bonds. The fourth-order valence-electron chi connectivity index (χ4n) is 3.80. The van der Waals surface area contributed by atoms with Gasteiger partial charge in [0.2, 0.25) is 0 Å². The van der Waals surface area contributed by atoms with Crippen LogP contribution in [0.2, 0.25) is 0 Å². The van der Waals surface area contributed by atoms with Gasteiger partial charge in [0.05, 0.1) is 18.9 Å². The third kappa shape index (κ3) is 3.72. The van der Waals surface area contributed by atoms with Gasteiger partial charge in [-0.25, -0.2) is 4.98 Å². The molecule has 0 aliphatic carbocycles. The number of para-hydroxylation sites is 1. The molecule has 1 fully saturated rings. The minimum absolute atomic E-state index is 0.160. The molecule has 0 atom stereocenters. The molecule has 0 spiro atoms. The summed E-state index contributed by atoms with van der Waals surface area (Å²) in [6.45, 7) is 4.42. The molecular formula is C23H22N4O2. The standard InChI is InChI=1S/C23H22N4O2/c28-22-13-21(19-14-24-20-4-2-1-3-18(19)20)25-23(26-22)17-7-5-16(6-8-17)15-27-9-11-29-12-10-27/h1-8,13-14,24H,9-12,15H2,(H,25,26,28). The van der Waals surface area contributed by atoms with E-state index in [1.165, 1.54) is 5.56 Å². The topological polar surface area (TPSA) is 74.0 Å². The van der Waals surface area contributed by atoms with E-state index in [9.17, 15) is 4.79 Å². The summed E-state index contributed by atoms with van der Waals surface area (Å²) in [5.74, 6) is 0.579. The summed E-state index contributed by atoms with van der Waals surface area (Å²) in [4.78, 5) is 25.6. The Hall–Kier alpha value is -3.22. The van der Waals surface area contributed by atoms with E-state index in [0.29, 0.717) is 11.5 Å². The summed E-state index contributed by atoms with van der Waals surface area (Å²) in [5, 5.41) is 1.05. The second-order valence-electron chi connectivity index (χ2n) is 7.31. The number of aromatic amines is 2. The number of benzene rings is 2. The first kappa shape index (κ1) is 17.8. The van der Waals surface area contributed by atoms with Crippen LogP contribution in [0.15, 0.2) is 65.6 Å². The molecular weight excluding hydrogens is 364 g/mol. The predicted octanol–water partition coefficient (Wildman–Crippen LogP) is 3.42. The minimum Gasteiger partial charge on any atom is -0.379 e. The van der Waals surface area contributed by atoms with Gasteiger partial charge in [0, 0.05) is 53.9 Å². The first-order valence-corrected chi connectivity index (χ1v) is 9.83. The molecule has 2 N–H and O–H groups in total. The van der Waals surface area contributed by atoms with Crippen LogP contribution in [0.4, 0.5) is 0 Å². The zero-order valence-corrected chi connectivity index (χ0v) is 16.0. The van der Waals surface area contributed by atoms with Gasteiger partial charge in [-0.3, -0.25) is 9.69 Å². The number of nitrogens with one attached hydrogen (secondary N) is 2. The molecule has 3 heterocycles. The summed E-state index contributed by atoms with van der Waals surface area (Å²) < 4.78 is 5.41. The van der Waals surface area contributed by atoms with Gasteiger partial charge in [-0.2, -0.15) is 0 Å². The molecule has 29 heavy (non-hydrogen) atoms. The molecule has 0 saturated carbocycles. The van der Waals surface area contributed by atoms with Gasteiger partial charge in [-0.1, -0.05) is 42.5 Å². The number of morpholine rings is 1. The average Bonchev–Trinajstić information content (AvgIpc) is 3.19. The first-order valence-electron chi connectivity index (χ1n) is 9.83. The molecule has 4 aromatic rings. The highest BCUT2D eigenvalue weighted by Gasteiger charge is 2.12. The van der Waals surface area contributed by atoms with E-state index < -0.39 is 0 Å². The number of fused-ring (bicyclic) bond motifs is 1. The quantitative estimate of drug-likeness (QED) is 0.564. The van der Waals surface area contributed by atoms with Gasteiger partial charge in [-0.05, 0) is 11.6 Å². The molecule has 0 unspecified atom stereocenters. The zero-order valence-electron chi connectivity index (χ0n) is 16.0. The number of H-pyrrole nitrogens is 2. The van der Waals surface area contributed by atoms with Crippen LogP contribution in [0, 0.1) is 0 Å². The highest BCUT2D eigenvalue weighted by molar-refractivity contribution is 5.94. The van der Waals surface area contributed by atoms with Gasteiger partial charge in [0.1, 0.15) is 5.82 Å². The van der Waals surface area contributed by atoms with Crippen molar-refractivity contribution in [3.05, 3.63) is 76.7 Å². The van der Waals surface area contributed by atoms with Crippen molar-refractivity contribution in [1.29, 1.82) is 0 Å². The maximum atomic E-state index is 12.3. The van der Waals surface area contributed by atoms with Crippen molar-refractivity contribution in [2.45, 2.75) is 6.54 Å². The normalized spacial score (nSPS) is 15.0. The van der Waals surface area contributed by atoms with Crippen LogP contribution in [0.5, 0.6) is 0 Å². The summed E-state index contributed by atoms with van der Waals surface area (Å²) in [6, 6.07) is 17.8. The van der Waals surface area contributed by atoms with E-state index in [-0.39, 0.29) is 5.56 Å². The average molecular weight is 386 g/mol. The Balaban J connectivity index is 1.45. The fraction of sp³-hybridized carbons (Fsp3) is 0.217. The lowest BCUT2D eigenvalue weighted by Gasteiger charge is -2.26. The number of aromatic nitrogens is 3. The van der Waals surface area contributed by atoms with Crippen LogP contribution in [0.3, 0.4) is 0 Å². The lowest BCUT2D eigenvalue weighted by molar-refractivity contribution is 0.0342. The Morgan fingerprint density at radius 3 is 2.66 bits per heavy atom. The molecule has 0 radical (unpaired) electrons. The minimum atomic E-state index is -0.160. The van der Waals surface area contributed by atoms with Crippen molar-refractivity contribution in [2.24, 2.45) is 0 Å². The third-order valence-corrected chi connectivity index (χ3v) is 5.34. The molecule has 1 saturated heterocycles. The first-order chi connectivity index (χ1) is 14.3. The van der Waals surface area contributed by atoms with Gasteiger partial charge < -0.3 is 14.7 Å². The zero-order chi connectivity index (χ0) is 19.6. The molecule has 5 rings (SSSR count). The second kappa shape index (κ2) is 7.66. The fourth-order valence-corrected chi connectivity index (χ4v) is 3.80. The maximum Gasteiger partial charge on any atom is 0.251 e. The summed E-state index contributed by atoms with van der Waals surface area (Å²) >= 11 is 0. The summed E-state index contributed by atoms with van der Waals surface area (Å²) in [7, 11) is 0. The van der Waals surface area contributed by atoms with Crippen LogP contribution in [-0.2, 0) is 11.3 Å². The highest BCUT2D eigenvalue weighted by Crippen LogP contribution is 2.27. The van der Waals surface area contributed by atoms with Crippen LogP contribution >= 0.6 is 0 Å². The second-order valence-corrected chi connectivity index (χ2v) is 7.31. The van der Waals surface area contributed by atoms with Gasteiger partial charge in [-0.15, -0.1) is 0 Å². The molecule has 2 aromatic heterocycles. The molecule has 6 heteroatoms. The molecule has 146 valence electrons. The number of nitrogens with zero attached hydrogens (tertiary/aromatic N) is 2. The van der Waals surface area contributed by atoms with Crippen LogP contribution in [0.25, 0.3) is 33.5 Å². The van der Waals surface area contributed by atoms with E-state index in [1.54, 1.807) is 6.07 Å². The Bertz CT molecular complexity index is 1190. The molecule has 1 aliphatic heterocycles. The van der Waals surface area contributed by atoms with E-state index in [0.717, 1.165) is 54.9 Å². The number of hydrogen-bond acceptors (Lipinski definition) is 4. The molecule has 0 bridgehead atoms. The van der Waals surface area contributed by atoms with Gasteiger partial charge >= 0.3 is 0 Å². The van der Waals surface area contributed by atoms with Crippen LogP contribution in [-0.4, -0.2) is 46.2 Å². The largest absolute Gasteiger partial charge is 0.379 e. The van der Waals surface area contributed by atoms with Crippen molar-refractivity contribution < 1.29 is 4.74 Å². The monoisotopic (exact) mass is 386 g/mol. The number of ether oxygens (including phenoxy) is 1. The van der Waals surface area contributed by atoms with E-state index in [1.807, 2.05) is 42.6 Å². The van der Waals surface area contributed by atoms with Crippen molar-refractivity contribution in [3.63, 3.8) is 0 Å². The van der Waals surface area contributed by atoms with Crippen LogP contribution < -0.4 is 5.56 Å². The number of rotatable bonds is 4. The van der Waals surface area contributed by atoms with Crippen molar-refractivity contribution in [1.82, 2.24) is 19.9 Å². The van der Waals surface area contributed by atoms with Crippen LogP contribution in [0.1, 0.15) is 5.56 Å². The van der Waals surface area contributed by atoms with E-state index >= 15 is 0 Å². The lowest BCUT2D eigenvalue weighted by atomic mass is 10.1. The summed E-state index contributed by atoms with van der Waals surface area (Å²) in [5.41, 5.74) is 4.60. The third-order valence-electron chi connectivity index (χ3n) is 5.34. The number of hydrogen-bond donors (Lipinski definition) is 2.